The summed E-state index contributed by atoms with van der Waals surface area (Å²) in [5.74, 6) is 0. The molecule has 0 bridgehead atoms. The van der Waals surface area contributed by atoms with Crippen LogP contribution >= 0.6 is 15.9 Å². The van der Waals surface area contributed by atoms with Gasteiger partial charge in [0.2, 0.25) is 0 Å². The van der Waals surface area contributed by atoms with Crippen LogP contribution in [0.15, 0.2) is 58.2 Å². The topological polar surface area (TPSA) is 21.6 Å². The summed E-state index contributed by atoms with van der Waals surface area (Å²) in [6.07, 6.45) is 1.71. The molecule has 2 aromatic rings. The van der Waals surface area contributed by atoms with Gasteiger partial charge in [0.05, 0.1) is 6.21 Å². The molecule has 0 heterocycles. The number of halogens is 1. The van der Waals surface area contributed by atoms with Crippen LogP contribution in [0.2, 0.25) is 0 Å². The molecule has 0 atom stereocenters. The van der Waals surface area contributed by atoms with Crippen LogP contribution in [-0.2, 0) is 11.4 Å². The molecule has 0 spiro atoms. The second-order valence-electron chi connectivity index (χ2n) is 3.99. The Balaban J connectivity index is 1.91. The minimum Gasteiger partial charge on any atom is -0.391 e. The first kappa shape index (κ1) is 12.8. The van der Waals surface area contributed by atoms with E-state index in [4.69, 9.17) is 4.84 Å². The van der Waals surface area contributed by atoms with E-state index in [0.29, 0.717) is 6.61 Å². The second kappa shape index (κ2) is 6.36. The van der Waals surface area contributed by atoms with E-state index in [1.807, 2.05) is 42.5 Å². The summed E-state index contributed by atoms with van der Waals surface area (Å²) < 4.78 is 1.03. The van der Waals surface area contributed by atoms with Gasteiger partial charge in [0.1, 0.15) is 6.61 Å². The maximum atomic E-state index is 5.30. The average Bonchev–Trinajstić information content (AvgIpc) is 2.37. The van der Waals surface area contributed by atoms with Gasteiger partial charge in [0.15, 0.2) is 0 Å². The Morgan fingerprint density at radius 1 is 1.17 bits per heavy atom. The van der Waals surface area contributed by atoms with Crippen molar-refractivity contribution < 1.29 is 4.84 Å². The first-order valence-corrected chi connectivity index (χ1v) is 6.50. The molecule has 0 saturated carbocycles. The predicted octanol–water partition coefficient (Wildman–Crippen LogP) is 4.31. The lowest BCUT2D eigenvalue weighted by Crippen LogP contribution is -1.91. The largest absolute Gasteiger partial charge is 0.391 e. The Kier molecular flexibility index (Phi) is 4.53. The van der Waals surface area contributed by atoms with Gasteiger partial charge in [-0.2, -0.15) is 0 Å². The molecule has 0 saturated heterocycles. The van der Waals surface area contributed by atoms with Gasteiger partial charge in [-0.15, -0.1) is 0 Å². The van der Waals surface area contributed by atoms with E-state index in [-0.39, 0.29) is 0 Å². The van der Waals surface area contributed by atoms with Gasteiger partial charge >= 0.3 is 0 Å². The van der Waals surface area contributed by atoms with Crippen LogP contribution in [-0.4, -0.2) is 6.21 Å². The number of benzene rings is 2. The molecule has 2 aromatic carbocycles. The lowest BCUT2D eigenvalue weighted by Gasteiger charge is -2.03. The quantitative estimate of drug-likeness (QED) is 0.609. The maximum Gasteiger partial charge on any atom is 0.142 e. The van der Waals surface area contributed by atoms with E-state index >= 15 is 0 Å². The lowest BCUT2D eigenvalue weighted by atomic mass is 10.1. The second-order valence-corrected chi connectivity index (χ2v) is 4.91. The maximum absolute atomic E-state index is 5.30. The van der Waals surface area contributed by atoms with E-state index in [0.717, 1.165) is 15.6 Å². The molecule has 0 aliphatic heterocycles. The number of hydrogen-bond acceptors (Lipinski definition) is 2. The highest BCUT2D eigenvalue weighted by atomic mass is 79.9. The molecule has 0 radical (unpaired) electrons. The van der Waals surface area contributed by atoms with Crippen LogP contribution in [0.1, 0.15) is 16.7 Å². The van der Waals surface area contributed by atoms with Gasteiger partial charge in [-0.25, -0.2) is 0 Å². The van der Waals surface area contributed by atoms with Crippen LogP contribution in [0.5, 0.6) is 0 Å². The minimum atomic E-state index is 0.497. The summed E-state index contributed by atoms with van der Waals surface area (Å²) in [7, 11) is 0. The van der Waals surface area contributed by atoms with Crippen LogP contribution in [0.4, 0.5) is 0 Å². The molecule has 92 valence electrons. The lowest BCUT2D eigenvalue weighted by molar-refractivity contribution is 0.131. The molecule has 0 unspecified atom stereocenters. The molecule has 2 nitrogen and oxygen atoms in total. The molecule has 0 aliphatic rings. The molecular formula is C15H14BrNO. The van der Waals surface area contributed by atoms with Crippen molar-refractivity contribution in [1.29, 1.82) is 0 Å². The molecule has 18 heavy (non-hydrogen) atoms. The monoisotopic (exact) mass is 303 g/mol. The SMILES string of the molecule is Cc1ccccc1CON=Cc1cccc(Br)c1. The third-order valence-electron chi connectivity index (χ3n) is 2.61. The van der Waals surface area contributed by atoms with Crippen LogP contribution in [0, 0.1) is 6.92 Å². The molecule has 0 fully saturated rings. The number of oxime groups is 1. The highest BCUT2D eigenvalue weighted by molar-refractivity contribution is 9.10. The van der Waals surface area contributed by atoms with Crippen molar-refractivity contribution in [1.82, 2.24) is 0 Å². The third kappa shape index (κ3) is 3.70. The van der Waals surface area contributed by atoms with Crippen molar-refractivity contribution in [3.63, 3.8) is 0 Å². The van der Waals surface area contributed by atoms with E-state index in [9.17, 15) is 0 Å². The van der Waals surface area contributed by atoms with Gasteiger partial charge in [-0.05, 0) is 35.7 Å². The summed E-state index contributed by atoms with van der Waals surface area (Å²) >= 11 is 3.41. The van der Waals surface area contributed by atoms with E-state index in [2.05, 4.69) is 34.1 Å². The van der Waals surface area contributed by atoms with E-state index in [1.165, 1.54) is 5.56 Å². The van der Waals surface area contributed by atoms with E-state index < -0.39 is 0 Å². The van der Waals surface area contributed by atoms with Gasteiger partial charge in [0, 0.05) is 4.47 Å². The van der Waals surface area contributed by atoms with Gasteiger partial charge in [0.25, 0.3) is 0 Å². The average molecular weight is 304 g/mol. The molecule has 0 amide bonds. The molecule has 0 aromatic heterocycles. The fraction of sp³-hybridized carbons (Fsp3) is 0.133. The van der Waals surface area contributed by atoms with Gasteiger partial charge < -0.3 is 4.84 Å². The fourth-order valence-corrected chi connectivity index (χ4v) is 1.98. The van der Waals surface area contributed by atoms with Crippen LogP contribution in [0.25, 0.3) is 0 Å². The number of rotatable bonds is 4. The summed E-state index contributed by atoms with van der Waals surface area (Å²) in [5.41, 5.74) is 3.38. The summed E-state index contributed by atoms with van der Waals surface area (Å²) in [5, 5.41) is 3.97. The first-order valence-electron chi connectivity index (χ1n) is 5.71. The fourth-order valence-electron chi connectivity index (χ4n) is 1.56. The van der Waals surface area contributed by atoms with Crippen molar-refractivity contribution in [2.75, 3.05) is 0 Å². The number of nitrogens with zero attached hydrogens (tertiary/aromatic N) is 1. The molecule has 0 N–H and O–H groups in total. The van der Waals surface area contributed by atoms with E-state index in [1.54, 1.807) is 6.21 Å². The number of hydrogen-bond donors (Lipinski definition) is 0. The zero-order valence-corrected chi connectivity index (χ0v) is 11.7. The highest BCUT2D eigenvalue weighted by Crippen LogP contribution is 2.11. The summed E-state index contributed by atoms with van der Waals surface area (Å²) in [6, 6.07) is 16.0. The van der Waals surface area contributed by atoms with Crippen molar-refractivity contribution in [3.8, 4) is 0 Å². The Hall–Kier alpha value is -1.61. The highest BCUT2D eigenvalue weighted by Gasteiger charge is 1.96. The van der Waals surface area contributed by atoms with Crippen molar-refractivity contribution >= 4 is 22.1 Å². The zero-order valence-electron chi connectivity index (χ0n) is 10.1. The van der Waals surface area contributed by atoms with Gasteiger partial charge in [-0.3, -0.25) is 0 Å². The molecule has 2 rings (SSSR count). The Labute approximate surface area is 115 Å². The number of aryl methyl sites for hydroxylation is 1. The zero-order chi connectivity index (χ0) is 12.8. The van der Waals surface area contributed by atoms with Crippen molar-refractivity contribution in [2.24, 2.45) is 5.16 Å². The Bertz CT molecular complexity index is 552. The minimum absolute atomic E-state index is 0.497. The van der Waals surface area contributed by atoms with Crippen LogP contribution < -0.4 is 0 Å². The summed E-state index contributed by atoms with van der Waals surface area (Å²) in [6.45, 7) is 2.56. The van der Waals surface area contributed by atoms with Crippen molar-refractivity contribution in [3.05, 3.63) is 69.7 Å². The Morgan fingerprint density at radius 3 is 2.78 bits per heavy atom. The predicted molar refractivity (Wildman–Crippen MR) is 77.7 cm³/mol. The molecule has 3 heteroatoms. The molecule has 0 aliphatic carbocycles. The molecular weight excluding hydrogens is 290 g/mol. The normalized spacial score (nSPS) is 10.8. The Morgan fingerprint density at radius 2 is 2.00 bits per heavy atom. The van der Waals surface area contributed by atoms with Crippen molar-refractivity contribution in [2.45, 2.75) is 13.5 Å². The third-order valence-corrected chi connectivity index (χ3v) is 3.10. The summed E-state index contributed by atoms with van der Waals surface area (Å²) in [4.78, 5) is 5.30. The van der Waals surface area contributed by atoms with Gasteiger partial charge in [-0.1, -0.05) is 57.5 Å². The first-order chi connectivity index (χ1) is 8.75. The van der Waals surface area contributed by atoms with Crippen LogP contribution in [0.3, 0.4) is 0 Å². The standard InChI is InChI=1S/C15H14BrNO/c1-12-5-2-3-7-14(12)11-18-17-10-13-6-4-8-15(16)9-13/h2-10H,11H2,1H3. The smallest absolute Gasteiger partial charge is 0.142 e.